The van der Waals surface area contributed by atoms with Gasteiger partial charge in [-0.2, -0.15) is 0 Å². The number of thiocarbonyl (C=S) groups is 1. The highest BCUT2D eigenvalue weighted by molar-refractivity contribution is 7.80. The van der Waals surface area contributed by atoms with E-state index in [2.05, 4.69) is 16.2 Å². The molecule has 2 aromatic carbocycles. The Morgan fingerprint density at radius 2 is 1.65 bits per heavy atom. The molecule has 0 atom stereocenters. The number of amides is 1. The van der Waals surface area contributed by atoms with Crippen LogP contribution in [-0.2, 0) is 0 Å². The molecule has 0 fully saturated rings. The number of nitrogens with one attached hydrogen (secondary N) is 3. The van der Waals surface area contributed by atoms with Gasteiger partial charge in [0.25, 0.3) is 5.91 Å². The largest absolute Gasteiger partial charge is 0.493 e. The number of hydrogen-bond donors (Lipinski definition) is 3. The van der Waals surface area contributed by atoms with Crippen LogP contribution in [0.4, 0.5) is 10.1 Å². The number of methoxy groups -OCH3 is 3. The minimum atomic E-state index is -0.527. The van der Waals surface area contributed by atoms with Crippen LogP contribution in [0.25, 0.3) is 0 Å². The quantitative estimate of drug-likeness (QED) is 0.544. The number of carbonyl (C=O) groups excluding carboxylic acids is 1. The first-order chi connectivity index (χ1) is 12.5. The van der Waals surface area contributed by atoms with Crippen molar-refractivity contribution in [1.29, 1.82) is 0 Å². The maximum Gasteiger partial charge on any atom is 0.273 e. The molecule has 0 aliphatic rings. The number of halogens is 1. The molecule has 0 radical (unpaired) electrons. The van der Waals surface area contributed by atoms with E-state index in [4.69, 9.17) is 26.4 Å². The van der Waals surface area contributed by atoms with Crippen molar-refractivity contribution in [1.82, 2.24) is 10.9 Å². The minimum Gasteiger partial charge on any atom is -0.493 e. The molecule has 0 aliphatic carbocycles. The maximum absolute atomic E-state index is 13.6. The normalized spacial score (nSPS) is 9.85. The van der Waals surface area contributed by atoms with Crippen LogP contribution in [0.1, 0.15) is 10.4 Å². The zero-order chi connectivity index (χ0) is 19.1. The van der Waals surface area contributed by atoms with Crippen LogP contribution in [0, 0.1) is 5.82 Å². The molecule has 0 heterocycles. The zero-order valence-electron chi connectivity index (χ0n) is 14.4. The van der Waals surface area contributed by atoms with E-state index in [1.54, 1.807) is 18.2 Å². The number of hydrogen-bond acceptors (Lipinski definition) is 5. The van der Waals surface area contributed by atoms with E-state index in [1.165, 1.54) is 39.5 Å². The van der Waals surface area contributed by atoms with Gasteiger partial charge in [-0.3, -0.25) is 15.6 Å². The first-order valence-electron chi connectivity index (χ1n) is 7.42. The van der Waals surface area contributed by atoms with E-state index >= 15 is 0 Å². The van der Waals surface area contributed by atoms with Crippen molar-refractivity contribution >= 4 is 28.9 Å². The number of benzene rings is 2. The van der Waals surface area contributed by atoms with Crippen LogP contribution in [0.5, 0.6) is 17.2 Å². The predicted octanol–water partition coefficient (Wildman–Crippen LogP) is 2.48. The fraction of sp³-hybridized carbons (Fsp3) is 0.176. The van der Waals surface area contributed by atoms with Crippen LogP contribution in [-0.4, -0.2) is 32.3 Å². The van der Waals surface area contributed by atoms with E-state index in [0.29, 0.717) is 5.75 Å². The van der Waals surface area contributed by atoms with E-state index in [-0.39, 0.29) is 27.9 Å². The zero-order valence-corrected chi connectivity index (χ0v) is 15.2. The molecule has 1 amide bonds. The topological polar surface area (TPSA) is 80.9 Å². The van der Waals surface area contributed by atoms with Gasteiger partial charge in [-0.25, -0.2) is 4.39 Å². The molecule has 2 rings (SSSR count). The molecular formula is C17H18FN3O4S. The standard InChI is InChI=1S/C17H18FN3O4S/c1-23-13-9-8-10(14(24-2)15(13)25-3)16(22)20-21-17(26)19-12-7-5-4-6-11(12)18/h4-9H,1-3H3,(H,20,22)(H2,19,21,26). The third kappa shape index (κ3) is 4.31. The van der Waals surface area contributed by atoms with Crippen LogP contribution in [0.15, 0.2) is 36.4 Å². The second-order valence-corrected chi connectivity index (χ2v) is 5.30. The molecule has 3 N–H and O–H groups in total. The number of hydrazine groups is 1. The highest BCUT2D eigenvalue weighted by Gasteiger charge is 2.20. The summed E-state index contributed by atoms with van der Waals surface area (Å²) in [6.45, 7) is 0. The Hall–Kier alpha value is -3.07. The maximum atomic E-state index is 13.6. The summed E-state index contributed by atoms with van der Waals surface area (Å²) in [5.74, 6) is -0.0792. The van der Waals surface area contributed by atoms with E-state index in [1.807, 2.05) is 0 Å². The van der Waals surface area contributed by atoms with Crippen LogP contribution >= 0.6 is 12.2 Å². The molecule has 138 valence electrons. The Bertz CT molecular complexity index is 817. The van der Waals surface area contributed by atoms with Crippen LogP contribution in [0.2, 0.25) is 0 Å². The summed E-state index contributed by atoms with van der Waals surface area (Å²) in [5.41, 5.74) is 5.29. The van der Waals surface area contributed by atoms with E-state index in [0.717, 1.165) is 0 Å². The molecule has 26 heavy (non-hydrogen) atoms. The van der Waals surface area contributed by atoms with Gasteiger partial charge in [-0.15, -0.1) is 0 Å². The number of ether oxygens (including phenoxy) is 3. The van der Waals surface area contributed by atoms with Crippen molar-refractivity contribution in [3.63, 3.8) is 0 Å². The molecule has 0 bridgehead atoms. The molecule has 0 spiro atoms. The molecule has 0 aliphatic heterocycles. The first kappa shape index (κ1) is 19.3. The SMILES string of the molecule is COc1ccc(C(=O)NNC(=S)Nc2ccccc2F)c(OC)c1OC. The van der Waals surface area contributed by atoms with E-state index in [9.17, 15) is 9.18 Å². The second-order valence-electron chi connectivity index (χ2n) is 4.89. The summed E-state index contributed by atoms with van der Waals surface area (Å²) in [7, 11) is 4.32. The average molecular weight is 379 g/mol. The Kier molecular flexibility index (Phi) is 6.56. The molecule has 7 nitrogen and oxygen atoms in total. The number of carbonyl (C=O) groups is 1. The van der Waals surface area contributed by atoms with Crippen molar-refractivity contribution in [2.45, 2.75) is 0 Å². The van der Waals surface area contributed by atoms with Gasteiger partial charge < -0.3 is 19.5 Å². The smallest absolute Gasteiger partial charge is 0.273 e. The molecular weight excluding hydrogens is 361 g/mol. The van der Waals surface area contributed by atoms with Gasteiger partial charge >= 0.3 is 0 Å². The molecule has 0 saturated carbocycles. The third-order valence-electron chi connectivity index (χ3n) is 3.36. The molecule has 0 saturated heterocycles. The van der Waals surface area contributed by atoms with Crippen molar-refractivity contribution in [2.75, 3.05) is 26.6 Å². The van der Waals surface area contributed by atoms with Gasteiger partial charge in [-0.05, 0) is 36.5 Å². The molecule has 2 aromatic rings. The molecule has 0 unspecified atom stereocenters. The lowest BCUT2D eigenvalue weighted by atomic mass is 10.1. The van der Waals surface area contributed by atoms with Gasteiger partial charge in [-0.1, -0.05) is 12.1 Å². The molecule has 9 heteroatoms. The predicted molar refractivity (Wildman–Crippen MR) is 99.3 cm³/mol. The van der Waals surface area contributed by atoms with Crippen molar-refractivity contribution in [2.24, 2.45) is 0 Å². The second kappa shape index (κ2) is 8.86. The number of anilines is 1. The molecule has 0 aromatic heterocycles. The van der Waals surface area contributed by atoms with Gasteiger partial charge in [0.2, 0.25) is 5.75 Å². The Morgan fingerprint density at radius 3 is 2.27 bits per heavy atom. The van der Waals surface area contributed by atoms with Crippen LogP contribution in [0.3, 0.4) is 0 Å². The summed E-state index contributed by atoms with van der Waals surface area (Å²) in [6.07, 6.45) is 0. The fourth-order valence-corrected chi connectivity index (χ4v) is 2.34. The monoisotopic (exact) mass is 379 g/mol. The lowest BCUT2D eigenvalue weighted by molar-refractivity contribution is 0.0940. The average Bonchev–Trinajstić information content (AvgIpc) is 2.66. The van der Waals surface area contributed by atoms with Crippen molar-refractivity contribution < 1.29 is 23.4 Å². The lowest BCUT2D eigenvalue weighted by Gasteiger charge is -2.16. The highest BCUT2D eigenvalue weighted by Crippen LogP contribution is 2.39. The van der Waals surface area contributed by atoms with Crippen LogP contribution < -0.4 is 30.4 Å². The Morgan fingerprint density at radius 1 is 0.962 bits per heavy atom. The lowest BCUT2D eigenvalue weighted by Crippen LogP contribution is -2.44. The van der Waals surface area contributed by atoms with Gasteiger partial charge in [0.05, 0.1) is 32.6 Å². The summed E-state index contributed by atoms with van der Waals surface area (Å²) >= 11 is 5.03. The minimum absolute atomic E-state index is 0.0166. The van der Waals surface area contributed by atoms with E-state index < -0.39 is 11.7 Å². The highest BCUT2D eigenvalue weighted by atomic mass is 32.1. The fourth-order valence-electron chi connectivity index (χ4n) is 2.18. The number of para-hydroxylation sites is 1. The Labute approximate surface area is 155 Å². The summed E-state index contributed by atoms with van der Waals surface area (Å²) in [4.78, 5) is 12.4. The van der Waals surface area contributed by atoms with Crippen molar-refractivity contribution in [3.05, 3.63) is 47.8 Å². The Balaban J connectivity index is 2.08. The third-order valence-corrected chi connectivity index (χ3v) is 3.56. The summed E-state index contributed by atoms with van der Waals surface area (Å²) in [5, 5.41) is 2.66. The van der Waals surface area contributed by atoms with Gasteiger partial charge in [0.15, 0.2) is 16.6 Å². The summed E-state index contributed by atoms with van der Waals surface area (Å²) in [6, 6.07) is 9.11. The van der Waals surface area contributed by atoms with Crippen molar-refractivity contribution in [3.8, 4) is 17.2 Å². The number of rotatable bonds is 5. The van der Waals surface area contributed by atoms with Gasteiger partial charge in [0, 0.05) is 0 Å². The van der Waals surface area contributed by atoms with Gasteiger partial charge in [0.1, 0.15) is 5.82 Å². The summed E-state index contributed by atoms with van der Waals surface area (Å²) < 4.78 is 29.3. The first-order valence-corrected chi connectivity index (χ1v) is 7.83.